The number of hydrogen-bond acceptors (Lipinski definition) is 1. The molecule has 2 heteroatoms. The van der Waals surface area contributed by atoms with Crippen molar-refractivity contribution in [1.29, 1.82) is 0 Å². The molecular weight excluding hydrogens is 347 g/mol. The quantitative estimate of drug-likeness (QED) is 0.795. The maximum Gasteiger partial charge on any atom is 0.0833 e. The molecule has 0 heterocycles. The van der Waals surface area contributed by atoms with E-state index >= 15 is 0 Å². The van der Waals surface area contributed by atoms with Crippen molar-refractivity contribution in [2.45, 2.75) is 31.3 Å². The minimum atomic E-state index is -0.392. The van der Waals surface area contributed by atoms with E-state index in [1.54, 1.807) is 0 Å². The summed E-state index contributed by atoms with van der Waals surface area (Å²) in [6.45, 7) is 0. The fraction of sp³-hybridized carbons (Fsp3) is 0.294. The zero-order valence-corrected chi connectivity index (χ0v) is 12.9. The Morgan fingerprint density at radius 1 is 1.05 bits per heavy atom. The molecule has 1 atom stereocenters. The van der Waals surface area contributed by atoms with Gasteiger partial charge in [-0.15, -0.1) is 0 Å². The van der Waals surface area contributed by atoms with Crippen LogP contribution in [0, 0.1) is 3.57 Å². The van der Waals surface area contributed by atoms with Crippen molar-refractivity contribution in [1.82, 2.24) is 0 Å². The predicted molar refractivity (Wildman–Crippen MR) is 86.2 cm³/mol. The van der Waals surface area contributed by atoms with Crippen LogP contribution in [-0.2, 0) is 6.42 Å². The van der Waals surface area contributed by atoms with Crippen LogP contribution < -0.4 is 0 Å². The van der Waals surface area contributed by atoms with E-state index in [0.717, 1.165) is 5.56 Å². The lowest BCUT2D eigenvalue weighted by Gasteiger charge is -2.15. The van der Waals surface area contributed by atoms with E-state index in [4.69, 9.17) is 0 Å². The lowest BCUT2D eigenvalue weighted by atomic mass is 9.95. The third-order valence-corrected chi connectivity index (χ3v) is 4.43. The number of rotatable bonds is 4. The smallest absolute Gasteiger partial charge is 0.0833 e. The van der Waals surface area contributed by atoms with E-state index in [0.29, 0.717) is 12.3 Å². The van der Waals surface area contributed by atoms with Gasteiger partial charge in [-0.2, -0.15) is 0 Å². The zero-order chi connectivity index (χ0) is 13.2. The van der Waals surface area contributed by atoms with Gasteiger partial charge in [0, 0.05) is 9.99 Å². The van der Waals surface area contributed by atoms with Gasteiger partial charge < -0.3 is 5.11 Å². The van der Waals surface area contributed by atoms with Crippen LogP contribution in [0.15, 0.2) is 48.5 Å². The first kappa shape index (κ1) is 13.1. The number of aliphatic hydroxyl groups is 1. The molecule has 2 aromatic rings. The van der Waals surface area contributed by atoms with Gasteiger partial charge in [0.25, 0.3) is 0 Å². The number of aliphatic hydroxyl groups excluding tert-OH is 1. The molecule has 98 valence electrons. The molecule has 1 fully saturated rings. The van der Waals surface area contributed by atoms with Crippen molar-refractivity contribution < 1.29 is 5.11 Å². The van der Waals surface area contributed by atoms with E-state index in [-0.39, 0.29) is 0 Å². The van der Waals surface area contributed by atoms with E-state index in [9.17, 15) is 5.11 Å². The highest BCUT2D eigenvalue weighted by Gasteiger charge is 2.27. The Hall–Kier alpha value is -0.870. The maximum atomic E-state index is 10.5. The summed E-state index contributed by atoms with van der Waals surface area (Å²) >= 11 is 2.30. The van der Waals surface area contributed by atoms with Crippen molar-refractivity contribution in [3.05, 3.63) is 68.8 Å². The summed E-state index contributed by atoms with van der Waals surface area (Å²) < 4.78 is 1.23. The van der Waals surface area contributed by atoms with Gasteiger partial charge in [-0.25, -0.2) is 0 Å². The topological polar surface area (TPSA) is 20.2 Å². The van der Waals surface area contributed by atoms with E-state index in [2.05, 4.69) is 65.1 Å². The first-order valence-corrected chi connectivity index (χ1v) is 7.83. The van der Waals surface area contributed by atoms with Crippen LogP contribution in [0.1, 0.15) is 41.6 Å². The first-order valence-electron chi connectivity index (χ1n) is 6.75. The van der Waals surface area contributed by atoms with Crippen LogP contribution in [0.3, 0.4) is 0 Å². The largest absolute Gasteiger partial charge is 0.388 e. The highest BCUT2D eigenvalue weighted by molar-refractivity contribution is 14.1. The summed E-state index contributed by atoms with van der Waals surface area (Å²) in [7, 11) is 0. The van der Waals surface area contributed by atoms with Crippen molar-refractivity contribution in [3.63, 3.8) is 0 Å². The van der Waals surface area contributed by atoms with Crippen molar-refractivity contribution in [3.8, 4) is 0 Å². The molecule has 0 bridgehead atoms. The van der Waals surface area contributed by atoms with Crippen molar-refractivity contribution in [2.24, 2.45) is 0 Å². The zero-order valence-electron chi connectivity index (χ0n) is 10.7. The lowest BCUT2D eigenvalue weighted by Crippen LogP contribution is -2.05. The molecule has 0 spiro atoms. The van der Waals surface area contributed by atoms with Crippen LogP contribution >= 0.6 is 22.6 Å². The molecule has 0 aliphatic heterocycles. The second kappa shape index (κ2) is 5.63. The minimum Gasteiger partial charge on any atom is -0.388 e. The molecule has 1 N–H and O–H groups in total. The minimum absolute atomic E-state index is 0.392. The SMILES string of the molecule is OC(Cc1ccc(I)cc1)c1ccccc1C1CC1. The van der Waals surface area contributed by atoms with Gasteiger partial charge in [0.15, 0.2) is 0 Å². The molecular formula is C17H17IO. The van der Waals surface area contributed by atoms with Crippen molar-refractivity contribution in [2.75, 3.05) is 0 Å². The number of benzene rings is 2. The van der Waals surface area contributed by atoms with Crippen LogP contribution in [0.25, 0.3) is 0 Å². The van der Waals surface area contributed by atoms with Crippen LogP contribution in [0.5, 0.6) is 0 Å². The van der Waals surface area contributed by atoms with E-state index in [1.165, 1.54) is 27.5 Å². The third-order valence-electron chi connectivity index (χ3n) is 3.71. The molecule has 0 radical (unpaired) electrons. The highest BCUT2D eigenvalue weighted by atomic mass is 127. The van der Waals surface area contributed by atoms with E-state index < -0.39 is 6.10 Å². The Bertz CT molecular complexity index is 558. The molecule has 19 heavy (non-hydrogen) atoms. The summed E-state index contributed by atoms with van der Waals surface area (Å²) in [5, 5.41) is 10.5. The Balaban J connectivity index is 1.80. The summed E-state index contributed by atoms with van der Waals surface area (Å²) in [4.78, 5) is 0. The third kappa shape index (κ3) is 3.18. The summed E-state index contributed by atoms with van der Waals surface area (Å²) in [6, 6.07) is 16.7. The molecule has 1 saturated carbocycles. The molecule has 1 nitrogen and oxygen atoms in total. The summed E-state index contributed by atoms with van der Waals surface area (Å²) in [5.74, 6) is 0.683. The normalized spacial score (nSPS) is 16.3. The van der Waals surface area contributed by atoms with Gasteiger partial charge in [0.1, 0.15) is 0 Å². The molecule has 0 amide bonds. The van der Waals surface area contributed by atoms with E-state index in [1.807, 2.05) is 6.07 Å². The molecule has 1 aliphatic carbocycles. The summed E-state index contributed by atoms with van der Waals surface area (Å²) in [5.41, 5.74) is 3.66. The summed E-state index contributed by atoms with van der Waals surface area (Å²) in [6.07, 6.45) is 2.85. The molecule has 1 aliphatic rings. The van der Waals surface area contributed by atoms with Gasteiger partial charge in [-0.3, -0.25) is 0 Å². The number of hydrogen-bond donors (Lipinski definition) is 1. The second-order valence-electron chi connectivity index (χ2n) is 5.25. The van der Waals surface area contributed by atoms with Crippen molar-refractivity contribution >= 4 is 22.6 Å². The van der Waals surface area contributed by atoms with Gasteiger partial charge in [-0.05, 0) is 70.2 Å². The monoisotopic (exact) mass is 364 g/mol. The van der Waals surface area contributed by atoms with Crippen LogP contribution in [0.4, 0.5) is 0 Å². The standard InChI is InChI=1S/C17H17IO/c18-14-9-5-12(6-10-14)11-17(19)16-4-2-1-3-15(16)13-7-8-13/h1-6,9-10,13,17,19H,7-8,11H2. The average Bonchev–Trinajstić information content (AvgIpc) is 3.26. The number of halogens is 1. The Kier molecular flexibility index (Phi) is 3.89. The molecule has 0 aromatic heterocycles. The maximum absolute atomic E-state index is 10.5. The fourth-order valence-electron chi connectivity index (χ4n) is 2.53. The second-order valence-corrected chi connectivity index (χ2v) is 6.50. The van der Waals surface area contributed by atoms with Gasteiger partial charge in [0.2, 0.25) is 0 Å². The molecule has 1 unspecified atom stereocenters. The van der Waals surface area contributed by atoms with Gasteiger partial charge >= 0.3 is 0 Å². The molecule has 3 rings (SSSR count). The van der Waals surface area contributed by atoms with Gasteiger partial charge in [0.05, 0.1) is 6.10 Å². The molecule has 0 saturated heterocycles. The highest BCUT2D eigenvalue weighted by Crippen LogP contribution is 2.43. The Morgan fingerprint density at radius 2 is 1.74 bits per heavy atom. The van der Waals surface area contributed by atoms with Gasteiger partial charge in [-0.1, -0.05) is 36.4 Å². The fourth-order valence-corrected chi connectivity index (χ4v) is 2.89. The molecule has 2 aromatic carbocycles. The lowest BCUT2D eigenvalue weighted by molar-refractivity contribution is 0.177. The van der Waals surface area contributed by atoms with Crippen LogP contribution in [0.2, 0.25) is 0 Å². The first-order chi connectivity index (χ1) is 9.24. The Labute approximate surface area is 127 Å². The predicted octanol–water partition coefficient (Wildman–Crippen LogP) is 4.44. The average molecular weight is 364 g/mol. The van der Waals surface area contributed by atoms with Crippen LogP contribution in [-0.4, -0.2) is 5.11 Å². The Morgan fingerprint density at radius 3 is 2.42 bits per heavy atom.